The molecule has 0 radical (unpaired) electrons. The van der Waals surface area contributed by atoms with Crippen molar-refractivity contribution in [1.82, 2.24) is 45.4 Å². The molecule has 4 amide bonds. The number of aromatic nitrogens is 5. The Hall–Kier alpha value is -6.16. The van der Waals surface area contributed by atoms with Crippen LogP contribution in [-0.2, 0) is 23.9 Å². The van der Waals surface area contributed by atoms with Crippen LogP contribution in [-0.4, -0.2) is 105 Å². The fourth-order valence-corrected chi connectivity index (χ4v) is 8.88. The number of nitrogens with one attached hydrogen (secondary N) is 4. The van der Waals surface area contributed by atoms with Crippen molar-refractivity contribution in [3.8, 4) is 33.6 Å². The van der Waals surface area contributed by atoms with E-state index in [4.69, 9.17) is 14.5 Å². The summed E-state index contributed by atoms with van der Waals surface area (Å²) < 4.78 is 26.1. The van der Waals surface area contributed by atoms with Gasteiger partial charge in [-0.2, -0.15) is 0 Å². The Morgan fingerprint density at radius 3 is 2.12 bits per heavy atom. The lowest BCUT2D eigenvalue weighted by Crippen LogP contribution is -2.51. The number of carbonyl (C=O) groups excluding carboxylic acids is 4. The van der Waals surface area contributed by atoms with E-state index in [1.807, 2.05) is 49.1 Å². The number of pyridine rings is 1. The van der Waals surface area contributed by atoms with Crippen LogP contribution >= 0.6 is 0 Å². The fraction of sp³-hybridized carbons (Fsp3) is 0.432. The monoisotopic (exact) mass is 819 g/mol. The first-order valence-corrected chi connectivity index (χ1v) is 20.7. The molecule has 0 bridgehead atoms. The Labute approximate surface area is 346 Å². The number of alkyl carbamates (subject to hydrolysis) is 1. The summed E-state index contributed by atoms with van der Waals surface area (Å²) in [7, 11) is 1.27. The minimum absolute atomic E-state index is 0.0268. The average Bonchev–Trinajstić information content (AvgIpc) is 4.11. The Kier molecular flexibility index (Phi) is 11.9. The maximum Gasteiger partial charge on any atom is 0.407 e. The van der Waals surface area contributed by atoms with Gasteiger partial charge in [0.2, 0.25) is 18.2 Å². The third-order valence-electron chi connectivity index (χ3n) is 12.1. The summed E-state index contributed by atoms with van der Waals surface area (Å²) in [5.41, 5.74) is 4.62. The summed E-state index contributed by atoms with van der Waals surface area (Å²) in [5.74, 6) is 0.472. The maximum atomic E-state index is 15.9. The summed E-state index contributed by atoms with van der Waals surface area (Å²) in [6.07, 6.45) is 9.64. The number of hydrogen-bond acceptors (Lipinski definition) is 9. The van der Waals surface area contributed by atoms with Crippen molar-refractivity contribution in [3.05, 3.63) is 78.5 Å². The fourth-order valence-electron chi connectivity index (χ4n) is 8.88. The largest absolute Gasteiger partial charge is 0.453 e. The highest BCUT2D eigenvalue weighted by Crippen LogP contribution is 2.36. The van der Waals surface area contributed by atoms with Crippen LogP contribution in [0.3, 0.4) is 0 Å². The van der Waals surface area contributed by atoms with Gasteiger partial charge in [0.1, 0.15) is 29.5 Å². The van der Waals surface area contributed by atoms with Crippen LogP contribution in [0.2, 0.25) is 0 Å². The smallest absolute Gasteiger partial charge is 0.407 e. The van der Waals surface area contributed by atoms with Gasteiger partial charge in [-0.3, -0.25) is 19.4 Å². The van der Waals surface area contributed by atoms with Gasteiger partial charge < -0.3 is 39.9 Å². The SMILES string of the molecule is COC(=O)N[C@H](C(=O)N1CCC[C@H]1c1ncc(-c2ccc(-c3ccc4cc(-c5cnc([C@@H]6CCCN6C(=O)[C@@H](NC=O)C6CCOCC6)[nH]5)cnc4c3)c(F)c2)[nH]1)C(C)C. The molecule has 3 saturated heterocycles. The van der Waals surface area contributed by atoms with Crippen LogP contribution < -0.4 is 10.6 Å². The van der Waals surface area contributed by atoms with Crippen molar-refractivity contribution in [2.75, 3.05) is 33.4 Å². The van der Waals surface area contributed by atoms with Crippen LogP contribution in [0.5, 0.6) is 0 Å². The number of rotatable bonds is 12. The van der Waals surface area contributed by atoms with E-state index in [1.165, 1.54) is 13.2 Å². The van der Waals surface area contributed by atoms with E-state index in [1.54, 1.807) is 29.6 Å². The number of H-pyrrole nitrogens is 2. The van der Waals surface area contributed by atoms with E-state index in [0.29, 0.717) is 78.7 Å². The molecule has 3 aromatic heterocycles. The summed E-state index contributed by atoms with van der Waals surface area (Å²) in [4.78, 5) is 75.1. The van der Waals surface area contributed by atoms with E-state index in [9.17, 15) is 19.2 Å². The standard InChI is InChI=1S/C44H50FN9O6/c1-25(2)38(52-44(58)59-3)42(56)53-14-4-6-36(53)40-47-22-34(50-40)29-10-11-31(32(45)19-29)27-8-9-28-18-30(21-46-33(28)20-27)35-23-48-41(51-35)37-7-5-15-54(37)43(57)39(49-24-55)26-12-16-60-17-13-26/h8-11,18-26,36-39H,4-7,12-17H2,1-3H3,(H,47,50)(H,48,51)(H,49,55)(H,52,58)/t36-,37-,38-,39-/m0/s1. The van der Waals surface area contributed by atoms with E-state index in [0.717, 1.165) is 48.7 Å². The second-order valence-corrected chi connectivity index (χ2v) is 16.1. The van der Waals surface area contributed by atoms with Gasteiger partial charge >= 0.3 is 6.09 Å². The van der Waals surface area contributed by atoms with Crippen LogP contribution in [0.4, 0.5) is 9.18 Å². The molecular weight excluding hydrogens is 770 g/mol. The number of benzene rings is 2. The van der Waals surface area contributed by atoms with Gasteiger partial charge in [-0.05, 0) is 74.1 Å². The summed E-state index contributed by atoms with van der Waals surface area (Å²) in [6, 6.07) is 10.8. The van der Waals surface area contributed by atoms with Crippen molar-refractivity contribution in [2.45, 2.75) is 76.5 Å². The molecule has 8 rings (SSSR count). The first-order valence-electron chi connectivity index (χ1n) is 20.7. The van der Waals surface area contributed by atoms with Gasteiger partial charge in [0.15, 0.2) is 0 Å². The lowest BCUT2D eigenvalue weighted by atomic mass is 9.90. The number of amides is 4. The molecule has 4 atom stereocenters. The number of halogens is 1. The van der Waals surface area contributed by atoms with Crippen molar-refractivity contribution >= 4 is 35.2 Å². The van der Waals surface area contributed by atoms with Crippen LogP contribution in [0.15, 0.2) is 61.1 Å². The Morgan fingerprint density at radius 2 is 1.48 bits per heavy atom. The molecule has 2 aromatic carbocycles. The van der Waals surface area contributed by atoms with E-state index in [-0.39, 0.29) is 35.7 Å². The number of nitrogens with zero attached hydrogens (tertiary/aromatic N) is 5. The third-order valence-corrected chi connectivity index (χ3v) is 12.1. The van der Waals surface area contributed by atoms with Gasteiger partial charge in [-0.1, -0.05) is 38.1 Å². The second-order valence-electron chi connectivity index (χ2n) is 16.1. The molecular formula is C44H50FN9O6. The number of carbonyl (C=O) groups is 4. The number of hydrogen-bond donors (Lipinski definition) is 4. The highest BCUT2D eigenvalue weighted by Gasteiger charge is 2.40. The Balaban J connectivity index is 0.953. The van der Waals surface area contributed by atoms with Crippen molar-refractivity contribution < 1.29 is 33.0 Å². The van der Waals surface area contributed by atoms with Crippen LogP contribution in [0.25, 0.3) is 44.5 Å². The molecule has 5 aromatic rings. The third kappa shape index (κ3) is 8.20. The minimum Gasteiger partial charge on any atom is -0.453 e. The van der Waals surface area contributed by atoms with Gasteiger partial charge in [-0.15, -0.1) is 0 Å². The number of aromatic amines is 2. The molecule has 3 aliphatic rings. The topological polar surface area (TPSA) is 188 Å². The first kappa shape index (κ1) is 40.6. The van der Waals surface area contributed by atoms with Crippen molar-refractivity contribution in [2.24, 2.45) is 11.8 Å². The van der Waals surface area contributed by atoms with E-state index in [2.05, 4.69) is 30.6 Å². The number of fused-ring (bicyclic) bond motifs is 1. The number of imidazole rings is 2. The number of likely N-dealkylation sites (tertiary alicyclic amines) is 2. The quantitative estimate of drug-likeness (QED) is 0.108. The zero-order chi connectivity index (χ0) is 41.9. The summed E-state index contributed by atoms with van der Waals surface area (Å²) >= 11 is 0. The number of methoxy groups -OCH3 is 1. The minimum atomic E-state index is -0.741. The summed E-state index contributed by atoms with van der Waals surface area (Å²) in [6.45, 7) is 6.01. The average molecular weight is 820 g/mol. The van der Waals surface area contributed by atoms with Crippen LogP contribution in [0.1, 0.15) is 76.1 Å². The molecule has 0 saturated carbocycles. The van der Waals surface area contributed by atoms with E-state index >= 15 is 4.39 Å². The molecule has 0 spiro atoms. The molecule has 4 N–H and O–H groups in total. The van der Waals surface area contributed by atoms with Gasteiger partial charge in [0.25, 0.3) is 0 Å². The van der Waals surface area contributed by atoms with E-state index < -0.39 is 24.0 Å². The van der Waals surface area contributed by atoms with Crippen LogP contribution in [0, 0.1) is 17.7 Å². The predicted molar refractivity (Wildman–Crippen MR) is 220 cm³/mol. The lowest BCUT2D eigenvalue weighted by molar-refractivity contribution is -0.138. The molecule has 16 heteroatoms. The molecule has 3 fully saturated rings. The summed E-state index contributed by atoms with van der Waals surface area (Å²) in [5, 5.41) is 6.32. The molecule has 15 nitrogen and oxygen atoms in total. The Morgan fingerprint density at radius 1 is 0.833 bits per heavy atom. The molecule has 6 heterocycles. The highest BCUT2D eigenvalue weighted by atomic mass is 19.1. The van der Waals surface area contributed by atoms with Gasteiger partial charge in [0.05, 0.1) is 48.5 Å². The van der Waals surface area contributed by atoms with Crippen molar-refractivity contribution in [1.29, 1.82) is 0 Å². The zero-order valence-corrected chi connectivity index (χ0v) is 33.9. The number of ether oxygens (including phenoxy) is 2. The van der Waals surface area contributed by atoms with Gasteiger partial charge in [-0.25, -0.2) is 19.2 Å². The second kappa shape index (κ2) is 17.6. The van der Waals surface area contributed by atoms with Crippen molar-refractivity contribution in [3.63, 3.8) is 0 Å². The lowest BCUT2D eigenvalue weighted by Gasteiger charge is -2.33. The highest BCUT2D eigenvalue weighted by molar-refractivity contribution is 5.88. The Bertz CT molecular complexity index is 2370. The molecule has 314 valence electrons. The molecule has 0 aliphatic carbocycles. The maximum absolute atomic E-state index is 15.9. The first-order chi connectivity index (χ1) is 29.1. The molecule has 60 heavy (non-hydrogen) atoms. The molecule has 0 unspecified atom stereocenters. The predicted octanol–water partition coefficient (Wildman–Crippen LogP) is 6.07. The zero-order valence-electron chi connectivity index (χ0n) is 33.9. The van der Waals surface area contributed by atoms with Gasteiger partial charge in [0, 0.05) is 54.6 Å². The normalized spacial score (nSPS) is 19.4. The molecule has 3 aliphatic heterocycles.